The minimum atomic E-state index is -0.845. The van der Waals surface area contributed by atoms with Gasteiger partial charge in [-0.15, -0.1) is 0 Å². The molecule has 0 atom stereocenters. The number of hydrogen-bond donors (Lipinski definition) is 2. The molecule has 0 fully saturated rings. The molecule has 0 spiro atoms. The number of carbonyl (C=O) groups is 1. The Bertz CT molecular complexity index is 201. The second-order valence-electron chi connectivity index (χ2n) is 3.79. The van der Waals surface area contributed by atoms with Gasteiger partial charge in [0.2, 0.25) is 5.91 Å². The van der Waals surface area contributed by atoms with E-state index in [1.807, 2.05) is 13.0 Å². The molecule has 76 valence electrons. The van der Waals surface area contributed by atoms with Crippen molar-refractivity contribution < 1.29 is 9.90 Å². The van der Waals surface area contributed by atoms with Gasteiger partial charge in [-0.2, -0.15) is 0 Å². The molecule has 0 unspecified atom stereocenters. The van der Waals surface area contributed by atoms with E-state index in [1.54, 1.807) is 20.8 Å². The van der Waals surface area contributed by atoms with E-state index in [1.165, 1.54) is 0 Å². The SMILES string of the molecule is CCC=C(C)C(=O)NCC(C)(C)O. The molecule has 1 amide bonds. The molecule has 0 aliphatic heterocycles. The molecule has 0 saturated carbocycles. The van der Waals surface area contributed by atoms with Crippen molar-refractivity contribution in [3.8, 4) is 0 Å². The van der Waals surface area contributed by atoms with E-state index in [9.17, 15) is 9.90 Å². The lowest BCUT2D eigenvalue weighted by molar-refractivity contribution is -0.118. The van der Waals surface area contributed by atoms with E-state index in [4.69, 9.17) is 0 Å². The molecule has 3 nitrogen and oxygen atoms in total. The summed E-state index contributed by atoms with van der Waals surface area (Å²) in [7, 11) is 0. The van der Waals surface area contributed by atoms with Gasteiger partial charge in [0.25, 0.3) is 0 Å². The number of amides is 1. The molecule has 13 heavy (non-hydrogen) atoms. The van der Waals surface area contributed by atoms with Crippen molar-refractivity contribution in [3.63, 3.8) is 0 Å². The molecule has 3 heteroatoms. The quantitative estimate of drug-likeness (QED) is 0.647. The van der Waals surface area contributed by atoms with Gasteiger partial charge in [-0.1, -0.05) is 13.0 Å². The zero-order valence-electron chi connectivity index (χ0n) is 8.85. The Morgan fingerprint density at radius 2 is 2.08 bits per heavy atom. The Morgan fingerprint density at radius 3 is 2.46 bits per heavy atom. The first-order valence-corrected chi connectivity index (χ1v) is 4.54. The summed E-state index contributed by atoms with van der Waals surface area (Å²) in [4.78, 5) is 11.3. The van der Waals surface area contributed by atoms with E-state index in [2.05, 4.69) is 5.32 Å². The number of allylic oxidation sites excluding steroid dienone is 1. The summed E-state index contributed by atoms with van der Waals surface area (Å²) >= 11 is 0. The Kier molecular flexibility index (Phi) is 4.70. The molecule has 2 N–H and O–H groups in total. The predicted octanol–water partition coefficient (Wildman–Crippen LogP) is 1.23. The molecule has 0 aromatic rings. The van der Waals surface area contributed by atoms with Crippen LogP contribution in [0.15, 0.2) is 11.6 Å². The van der Waals surface area contributed by atoms with Crippen molar-refractivity contribution in [2.45, 2.75) is 39.7 Å². The number of hydrogen-bond acceptors (Lipinski definition) is 2. The fourth-order valence-corrected chi connectivity index (χ4v) is 0.835. The van der Waals surface area contributed by atoms with Crippen LogP contribution in [0.4, 0.5) is 0 Å². The van der Waals surface area contributed by atoms with Crippen LogP contribution in [0.3, 0.4) is 0 Å². The van der Waals surface area contributed by atoms with Gasteiger partial charge in [0, 0.05) is 12.1 Å². The van der Waals surface area contributed by atoms with Crippen molar-refractivity contribution in [2.24, 2.45) is 0 Å². The topological polar surface area (TPSA) is 49.3 Å². The Balaban J connectivity index is 3.96. The first-order chi connectivity index (χ1) is 5.87. The van der Waals surface area contributed by atoms with E-state index < -0.39 is 5.60 Å². The van der Waals surface area contributed by atoms with Gasteiger partial charge in [0.1, 0.15) is 0 Å². The summed E-state index contributed by atoms with van der Waals surface area (Å²) in [6, 6.07) is 0. The summed E-state index contributed by atoms with van der Waals surface area (Å²) < 4.78 is 0. The van der Waals surface area contributed by atoms with Crippen molar-refractivity contribution in [1.29, 1.82) is 0 Å². The Morgan fingerprint density at radius 1 is 1.54 bits per heavy atom. The van der Waals surface area contributed by atoms with Gasteiger partial charge >= 0.3 is 0 Å². The summed E-state index contributed by atoms with van der Waals surface area (Å²) in [6.45, 7) is 7.34. The molecule has 0 aromatic heterocycles. The first kappa shape index (κ1) is 12.2. The molecule has 0 aliphatic carbocycles. The average Bonchev–Trinajstić information content (AvgIpc) is 1.99. The van der Waals surface area contributed by atoms with Gasteiger partial charge in [0.05, 0.1) is 5.60 Å². The van der Waals surface area contributed by atoms with Crippen molar-refractivity contribution in [3.05, 3.63) is 11.6 Å². The lowest BCUT2D eigenvalue weighted by atomic mass is 10.1. The maximum atomic E-state index is 11.3. The van der Waals surface area contributed by atoms with E-state index in [0.29, 0.717) is 5.57 Å². The fourth-order valence-electron chi connectivity index (χ4n) is 0.835. The summed E-state index contributed by atoms with van der Waals surface area (Å²) in [5, 5.41) is 12.0. The zero-order valence-corrected chi connectivity index (χ0v) is 8.85. The highest BCUT2D eigenvalue weighted by Crippen LogP contribution is 1.99. The van der Waals surface area contributed by atoms with Gasteiger partial charge in [-0.3, -0.25) is 4.79 Å². The highest BCUT2D eigenvalue weighted by Gasteiger charge is 2.13. The number of nitrogens with one attached hydrogen (secondary N) is 1. The second kappa shape index (κ2) is 5.02. The van der Waals surface area contributed by atoms with Crippen LogP contribution < -0.4 is 5.32 Å². The summed E-state index contributed by atoms with van der Waals surface area (Å²) in [5.41, 5.74) is -0.144. The van der Waals surface area contributed by atoms with Gasteiger partial charge in [-0.25, -0.2) is 0 Å². The highest BCUT2D eigenvalue weighted by atomic mass is 16.3. The van der Waals surface area contributed by atoms with Crippen molar-refractivity contribution in [2.75, 3.05) is 6.54 Å². The number of aliphatic hydroxyl groups is 1. The Labute approximate surface area is 79.8 Å². The second-order valence-corrected chi connectivity index (χ2v) is 3.79. The van der Waals surface area contributed by atoms with Crippen molar-refractivity contribution in [1.82, 2.24) is 5.32 Å². The van der Waals surface area contributed by atoms with Gasteiger partial charge < -0.3 is 10.4 Å². The van der Waals surface area contributed by atoms with Crippen LogP contribution in [0.5, 0.6) is 0 Å². The van der Waals surface area contributed by atoms with Crippen molar-refractivity contribution >= 4 is 5.91 Å². The van der Waals surface area contributed by atoms with E-state index >= 15 is 0 Å². The monoisotopic (exact) mass is 185 g/mol. The fraction of sp³-hybridized carbons (Fsp3) is 0.700. The summed E-state index contributed by atoms with van der Waals surface area (Å²) in [6.07, 6.45) is 2.71. The maximum Gasteiger partial charge on any atom is 0.246 e. The molecule has 0 bridgehead atoms. The largest absolute Gasteiger partial charge is 0.389 e. The third kappa shape index (κ3) is 6.34. The molecule has 0 aromatic carbocycles. The van der Waals surface area contributed by atoms with Crippen LogP contribution in [0, 0.1) is 0 Å². The predicted molar refractivity (Wildman–Crippen MR) is 53.4 cm³/mol. The minimum Gasteiger partial charge on any atom is -0.389 e. The molecule has 0 heterocycles. The molecule has 0 aliphatic rings. The normalized spacial score (nSPS) is 12.8. The van der Waals surface area contributed by atoms with Crippen LogP contribution in [0.25, 0.3) is 0 Å². The first-order valence-electron chi connectivity index (χ1n) is 4.54. The number of carbonyl (C=O) groups excluding carboxylic acids is 1. The van der Waals surface area contributed by atoms with Crippen LogP contribution in [-0.2, 0) is 4.79 Å². The summed E-state index contributed by atoms with van der Waals surface area (Å²) in [5.74, 6) is -0.107. The van der Waals surface area contributed by atoms with Crippen LogP contribution in [-0.4, -0.2) is 23.2 Å². The van der Waals surface area contributed by atoms with Crippen LogP contribution in [0.2, 0.25) is 0 Å². The lowest BCUT2D eigenvalue weighted by Crippen LogP contribution is -2.38. The number of rotatable bonds is 4. The molecule has 0 rings (SSSR count). The van der Waals surface area contributed by atoms with Gasteiger partial charge in [0.15, 0.2) is 0 Å². The van der Waals surface area contributed by atoms with E-state index in [-0.39, 0.29) is 12.5 Å². The van der Waals surface area contributed by atoms with Crippen LogP contribution >= 0.6 is 0 Å². The molecular weight excluding hydrogens is 166 g/mol. The molecule has 0 radical (unpaired) electrons. The van der Waals surface area contributed by atoms with E-state index in [0.717, 1.165) is 6.42 Å². The van der Waals surface area contributed by atoms with Gasteiger partial charge in [-0.05, 0) is 27.2 Å². The lowest BCUT2D eigenvalue weighted by Gasteiger charge is -2.17. The van der Waals surface area contributed by atoms with Crippen LogP contribution in [0.1, 0.15) is 34.1 Å². The molecular formula is C10H19NO2. The maximum absolute atomic E-state index is 11.3. The zero-order chi connectivity index (χ0) is 10.5. The third-order valence-corrected chi connectivity index (χ3v) is 1.55. The molecule has 0 saturated heterocycles. The minimum absolute atomic E-state index is 0.107. The Hall–Kier alpha value is -0.830. The third-order valence-electron chi connectivity index (χ3n) is 1.55. The highest BCUT2D eigenvalue weighted by molar-refractivity contribution is 5.92. The smallest absolute Gasteiger partial charge is 0.246 e. The average molecular weight is 185 g/mol. The standard InChI is InChI=1S/C10H19NO2/c1-5-6-8(2)9(12)11-7-10(3,4)13/h6,13H,5,7H2,1-4H3,(H,11,12).